The minimum atomic E-state index is -0.854. The molecule has 0 spiro atoms. The summed E-state index contributed by atoms with van der Waals surface area (Å²) in [6, 6.07) is 9.04. The van der Waals surface area contributed by atoms with Crippen LogP contribution < -0.4 is 10.2 Å². The van der Waals surface area contributed by atoms with Gasteiger partial charge in [0.2, 0.25) is 5.95 Å². The van der Waals surface area contributed by atoms with Gasteiger partial charge < -0.3 is 15.3 Å². The third kappa shape index (κ3) is 5.36. The number of piperazine rings is 1. The van der Waals surface area contributed by atoms with E-state index in [2.05, 4.69) is 20.3 Å². The van der Waals surface area contributed by atoms with Gasteiger partial charge in [0.25, 0.3) is 0 Å². The number of hydrogen-bond acceptors (Lipinski definition) is 7. The Balaban J connectivity index is 1.42. The molecule has 1 aliphatic rings. The van der Waals surface area contributed by atoms with Crippen LogP contribution in [0.15, 0.2) is 55.0 Å². The van der Waals surface area contributed by atoms with Gasteiger partial charge in [-0.25, -0.2) is 18.7 Å². The third-order valence-electron chi connectivity index (χ3n) is 6.61. The second-order valence-corrected chi connectivity index (χ2v) is 9.55. The van der Waals surface area contributed by atoms with Gasteiger partial charge in [0.1, 0.15) is 11.6 Å². The Morgan fingerprint density at radius 3 is 2.45 bits per heavy atom. The normalized spacial score (nSPS) is 15.0. The Hall–Kier alpha value is -3.89. The van der Waals surface area contributed by atoms with Gasteiger partial charge in [0.15, 0.2) is 0 Å². The van der Waals surface area contributed by atoms with Crippen LogP contribution in [0, 0.1) is 11.6 Å². The number of nitrogens with zero attached hydrogens (tertiary/aromatic N) is 5. The number of hydrogen-bond donors (Lipinski definition) is 2. The number of benzene rings is 2. The summed E-state index contributed by atoms with van der Waals surface area (Å²) >= 11 is 6.48. The highest BCUT2D eigenvalue weighted by Crippen LogP contribution is 2.36. The van der Waals surface area contributed by atoms with Crippen LogP contribution in [0.4, 0.5) is 20.4 Å². The van der Waals surface area contributed by atoms with E-state index in [-0.39, 0.29) is 17.9 Å². The molecule has 1 aliphatic heterocycles. The molecule has 0 saturated carbocycles. The first-order chi connectivity index (χ1) is 18.3. The average molecular weight is 539 g/mol. The van der Waals surface area contributed by atoms with Crippen LogP contribution in [0.2, 0.25) is 5.02 Å². The van der Waals surface area contributed by atoms with E-state index in [1.54, 1.807) is 36.7 Å². The molecule has 1 unspecified atom stereocenters. The molecule has 4 aromatic rings. The first kappa shape index (κ1) is 25.7. The Kier molecular flexibility index (Phi) is 7.35. The van der Waals surface area contributed by atoms with Gasteiger partial charge in [-0.1, -0.05) is 29.8 Å². The molecule has 38 heavy (non-hydrogen) atoms. The smallest absolute Gasteiger partial charge is 0.317 e. The Labute approximate surface area is 222 Å². The second kappa shape index (κ2) is 10.8. The van der Waals surface area contributed by atoms with Crippen molar-refractivity contribution in [3.8, 4) is 11.1 Å². The van der Waals surface area contributed by atoms with Crippen molar-refractivity contribution in [2.24, 2.45) is 0 Å². The largest absolute Gasteiger partial charge is 0.480 e. The molecule has 3 heterocycles. The lowest BCUT2D eigenvalue weighted by molar-refractivity contribution is -0.138. The second-order valence-electron chi connectivity index (χ2n) is 9.15. The number of anilines is 2. The summed E-state index contributed by atoms with van der Waals surface area (Å²) in [5, 5.41) is 13.1. The molecule has 1 saturated heterocycles. The highest BCUT2D eigenvalue weighted by molar-refractivity contribution is 6.34. The number of aliphatic carboxylic acids is 1. The number of pyridine rings is 1. The van der Waals surface area contributed by atoms with Crippen LogP contribution in [0.3, 0.4) is 0 Å². The quantitative estimate of drug-likeness (QED) is 0.339. The van der Waals surface area contributed by atoms with Crippen LogP contribution in [0.25, 0.3) is 22.0 Å². The van der Waals surface area contributed by atoms with Crippen molar-refractivity contribution < 1.29 is 18.7 Å². The van der Waals surface area contributed by atoms with E-state index < -0.39 is 17.8 Å². The molecule has 0 radical (unpaired) electrons. The lowest BCUT2D eigenvalue weighted by atomic mass is 10.0. The van der Waals surface area contributed by atoms with Crippen molar-refractivity contribution in [2.45, 2.75) is 13.0 Å². The fraction of sp³-hybridized carbons (Fsp3) is 0.259. The number of carboxylic acid groups (broad SMARTS) is 1. The lowest BCUT2D eigenvalue weighted by Gasteiger charge is -2.33. The summed E-state index contributed by atoms with van der Waals surface area (Å²) in [7, 11) is 0. The minimum absolute atomic E-state index is 0.00363. The van der Waals surface area contributed by atoms with Gasteiger partial charge in [0.05, 0.1) is 28.8 Å². The molecule has 8 nitrogen and oxygen atoms in total. The Morgan fingerprint density at radius 2 is 1.76 bits per heavy atom. The molecule has 196 valence electrons. The van der Waals surface area contributed by atoms with E-state index in [0.717, 1.165) is 0 Å². The number of carboxylic acids is 1. The molecule has 0 amide bonds. The molecule has 2 N–H and O–H groups in total. The molecular formula is C27H25ClF2N6O2. The van der Waals surface area contributed by atoms with E-state index in [1.807, 2.05) is 16.7 Å². The van der Waals surface area contributed by atoms with Crippen LogP contribution in [0.5, 0.6) is 0 Å². The van der Waals surface area contributed by atoms with Gasteiger partial charge in [0, 0.05) is 72.9 Å². The number of aromatic nitrogens is 3. The Morgan fingerprint density at radius 1 is 1.05 bits per heavy atom. The standard InChI is InChI=1S/C27H25ClF2N6O2/c1-16(18-4-2-3-5-22(18)29)34-26-20-10-19(23(30)11-24(20)31-14-21(26)28)17-12-32-27(33-13-17)36-8-6-35(7-9-36)15-25(37)38/h2-5,10-14,16H,6-9,15H2,1H3,(H,31,34)(H,37,38). The summed E-state index contributed by atoms with van der Waals surface area (Å²) < 4.78 is 29.5. The van der Waals surface area contributed by atoms with E-state index in [9.17, 15) is 9.18 Å². The molecule has 1 atom stereocenters. The molecule has 2 aromatic carbocycles. The van der Waals surface area contributed by atoms with Gasteiger partial charge in [-0.2, -0.15) is 0 Å². The maximum atomic E-state index is 15.2. The summed E-state index contributed by atoms with van der Waals surface area (Å²) in [5.41, 5.74) is 2.15. The molecule has 11 heteroatoms. The van der Waals surface area contributed by atoms with Crippen LogP contribution in [-0.2, 0) is 4.79 Å². The van der Waals surface area contributed by atoms with E-state index >= 15 is 4.39 Å². The van der Waals surface area contributed by atoms with Gasteiger partial charge in [-0.15, -0.1) is 0 Å². The molecule has 0 aliphatic carbocycles. The van der Waals surface area contributed by atoms with E-state index in [1.165, 1.54) is 18.3 Å². The van der Waals surface area contributed by atoms with E-state index in [4.69, 9.17) is 16.7 Å². The van der Waals surface area contributed by atoms with Crippen molar-refractivity contribution in [3.63, 3.8) is 0 Å². The number of carbonyl (C=O) groups is 1. The van der Waals surface area contributed by atoms with Crippen molar-refractivity contribution in [1.82, 2.24) is 19.9 Å². The number of nitrogens with one attached hydrogen (secondary N) is 1. The summed E-state index contributed by atoms with van der Waals surface area (Å²) in [6.07, 6.45) is 4.56. The fourth-order valence-electron chi connectivity index (χ4n) is 4.60. The lowest BCUT2D eigenvalue weighted by Crippen LogP contribution is -2.48. The summed E-state index contributed by atoms with van der Waals surface area (Å²) in [4.78, 5) is 27.9. The zero-order valence-corrected chi connectivity index (χ0v) is 21.3. The van der Waals surface area contributed by atoms with Crippen molar-refractivity contribution in [3.05, 3.63) is 77.2 Å². The van der Waals surface area contributed by atoms with Crippen LogP contribution in [0.1, 0.15) is 18.5 Å². The minimum Gasteiger partial charge on any atom is -0.480 e. The first-order valence-corrected chi connectivity index (χ1v) is 12.5. The topological polar surface area (TPSA) is 94.5 Å². The van der Waals surface area contributed by atoms with Crippen molar-refractivity contribution in [1.29, 1.82) is 0 Å². The first-order valence-electron chi connectivity index (χ1n) is 12.1. The maximum Gasteiger partial charge on any atom is 0.317 e. The fourth-order valence-corrected chi connectivity index (χ4v) is 4.80. The van der Waals surface area contributed by atoms with Gasteiger partial charge in [-0.05, 0) is 19.1 Å². The van der Waals surface area contributed by atoms with Crippen molar-refractivity contribution >= 4 is 40.1 Å². The predicted octanol–water partition coefficient (Wildman–Crippen LogP) is 5.00. The molecule has 5 rings (SSSR count). The molecule has 0 bridgehead atoms. The summed E-state index contributed by atoms with van der Waals surface area (Å²) in [6.45, 7) is 4.19. The average Bonchev–Trinajstić information content (AvgIpc) is 2.90. The SMILES string of the molecule is CC(Nc1c(Cl)cnc2cc(F)c(-c3cnc(N4CCN(CC(=O)O)CC4)nc3)cc12)c1ccccc1F. The van der Waals surface area contributed by atoms with Crippen LogP contribution in [-0.4, -0.2) is 63.7 Å². The highest BCUT2D eigenvalue weighted by Gasteiger charge is 2.21. The molecule has 1 fully saturated rings. The molecular weight excluding hydrogens is 514 g/mol. The van der Waals surface area contributed by atoms with E-state index in [0.29, 0.717) is 64.9 Å². The number of fused-ring (bicyclic) bond motifs is 1. The zero-order chi connectivity index (χ0) is 26.8. The highest BCUT2D eigenvalue weighted by atomic mass is 35.5. The Bertz CT molecular complexity index is 1480. The van der Waals surface area contributed by atoms with Crippen molar-refractivity contribution in [2.75, 3.05) is 42.9 Å². The molecule has 2 aromatic heterocycles. The summed E-state index contributed by atoms with van der Waals surface area (Å²) in [5.74, 6) is -1.18. The monoisotopic (exact) mass is 538 g/mol. The number of halogens is 3. The van der Waals surface area contributed by atoms with Crippen LogP contribution >= 0.6 is 11.6 Å². The zero-order valence-electron chi connectivity index (χ0n) is 20.5. The number of rotatable bonds is 7. The van der Waals surface area contributed by atoms with Gasteiger partial charge >= 0.3 is 5.97 Å². The predicted molar refractivity (Wildman–Crippen MR) is 142 cm³/mol. The third-order valence-corrected chi connectivity index (χ3v) is 6.89. The van der Waals surface area contributed by atoms with Gasteiger partial charge in [-0.3, -0.25) is 14.7 Å². The maximum absolute atomic E-state index is 15.2.